The highest BCUT2D eigenvalue weighted by Gasteiger charge is 2.47. The number of amides is 1. The third-order valence-corrected chi connectivity index (χ3v) is 6.43. The van der Waals surface area contributed by atoms with Crippen LogP contribution in [0.3, 0.4) is 0 Å². The Labute approximate surface area is 232 Å². The van der Waals surface area contributed by atoms with Crippen LogP contribution in [0.5, 0.6) is 0 Å². The van der Waals surface area contributed by atoms with E-state index < -0.39 is 65.1 Å². The Morgan fingerprint density at radius 2 is 1.78 bits per heavy atom. The smallest absolute Gasteiger partial charge is 0.377 e. The molecule has 1 N–H and O–H groups in total. The Bertz CT molecular complexity index is 1310. The molecule has 1 saturated heterocycles. The minimum absolute atomic E-state index is 0.00351. The largest absolute Gasteiger partial charge is 0.432 e. The van der Waals surface area contributed by atoms with Crippen molar-refractivity contribution in [1.82, 2.24) is 10.2 Å². The molecule has 1 fully saturated rings. The Morgan fingerprint density at radius 3 is 2.34 bits per heavy atom. The average molecular weight is 622 g/mol. The highest BCUT2D eigenvalue weighted by molar-refractivity contribution is 6.30. The van der Waals surface area contributed by atoms with E-state index in [0.29, 0.717) is 12.0 Å². The minimum Gasteiger partial charge on any atom is -0.377 e. The SMILES string of the molecule is C/C(=N\OC(c1cc(C(F)(F)F)cc(Cl)c1F)C(F)(F)F)c1ccc(C(=O)N[C@@H]2CCN(CC(F)(F)F)C2)c(C)c1. The number of halogens is 11. The van der Waals surface area contributed by atoms with E-state index in [1.165, 1.54) is 32.0 Å². The summed E-state index contributed by atoms with van der Waals surface area (Å²) < 4.78 is 132. The highest BCUT2D eigenvalue weighted by atomic mass is 35.5. The van der Waals surface area contributed by atoms with Crippen LogP contribution in [-0.2, 0) is 11.0 Å². The van der Waals surface area contributed by atoms with E-state index in [-0.39, 0.29) is 42.1 Å². The monoisotopic (exact) mass is 621 g/mol. The molecule has 3 rings (SSSR count). The minimum atomic E-state index is -5.38. The van der Waals surface area contributed by atoms with Gasteiger partial charge < -0.3 is 10.2 Å². The van der Waals surface area contributed by atoms with Crippen LogP contribution in [0.1, 0.15) is 52.1 Å². The van der Waals surface area contributed by atoms with E-state index >= 15 is 0 Å². The molecule has 0 spiro atoms. The van der Waals surface area contributed by atoms with Crippen molar-refractivity contribution in [2.24, 2.45) is 5.16 Å². The maximum Gasteiger partial charge on any atom is 0.432 e. The molecule has 2 atom stereocenters. The summed E-state index contributed by atoms with van der Waals surface area (Å²) in [5.41, 5.74) is -2.68. The maximum absolute atomic E-state index is 14.4. The first kappa shape index (κ1) is 32.4. The zero-order valence-corrected chi connectivity index (χ0v) is 22.0. The predicted octanol–water partition coefficient (Wildman–Crippen LogP) is 7.22. The fourth-order valence-electron chi connectivity index (χ4n) is 4.20. The van der Waals surface area contributed by atoms with E-state index in [1.807, 2.05) is 0 Å². The summed E-state index contributed by atoms with van der Waals surface area (Å²) in [6.07, 6.45) is -17.8. The summed E-state index contributed by atoms with van der Waals surface area (Å²) in [4.78, 5) is 18.3. The van der Waals surface area contributed by atoms with Gasteiger partial charge >= 0.3 is 18.5 Å². The van der Waals surface area contributed by atoms with Gasteiger partial charge in [0.2, 0.25) is 6.10 Å². The van der Waals surface area contributed by atoms with Crippen molar-refractivity contribution >= 4 is 23.2 Å². The van der Waals surface area contributed by atoms with E-state index in [4.69, 9.17) is 11.6 Å². The first-order valence-corrected chi connectivity index (χ1v) is 12.2. The maximum atomic E-state index is 14.4. The fourth-order valence-corrected chi connectivity index (χ4v) is 4.42. The van der Waals surface area contributed by atoms with Crippen molar-refractivity contribution in [3.8, 4) is 0 Å². The molecule has 16 heteroatoms. The lowest BCUT2D eigenvalue weighted by molar-refractivity contribution is -0.225. The summed E-state index contributed by atoms with van der Waals surface area (Å²) >= 11 is 5.41. The Hall–Kier alpha value is -3.07. The quantitative estimate of drug-likeness (QED) is 0.202. The molecule has 5 nitrogen and oxygen atoms in total. The lowest BCUT2D eigenvalue weighted by Gasteiger charge is -2.21. The van der Waals surface area contributed by atoms with Gasteiger partial charge in [0.05, 0.1) is 22.8 Å². The zero-order valence-electron chi connectivity index (χ0n) is 21.2. The van der Waals surface area contributed by atoms with E-state index in [1.54, 1.807) is 0 Å². The van der Waals surface area contributed by atoms with Crippen molar-refractivity contribution in [2.45, 2.75) is 50.9 Å². The lowest BCUT2D eigenvalue weighted by Crippen LogP contribution is -2.39. The summed E-state index contributed by atoms with van der Waals surface area (Å²) in [5, 5.41) is 4.80. The van der Waals surface area contributed by atoms with Crippen LogP contribution in [0.4, 0.5) is 43.9 Å². The van der Waals surface area contributed by atoms with Crippen LogP contribution in [0.2, 0.25) is 5.02 Å². The van der Waals surface area contributed by atoms with Gasteiger partial charge in [-0.15, -0.1) is 0 Å². The first-order valence-electron chi connectivity index (χ1n) is 11.8. The van der Waals surface area contributed by atoms with Gasteiger partial charge in [0.25, 0.3) is 5.91 Å². The first-order chi connectivity index (χ1) is 18.8. The molecule has 0 aliphatic carbocycles. The van der Waals surface area contributed by atoms with Crippen LogP contribution in [0.15, 0.2) is 35.5 Å². The van der Waals surface area contributed by atoms with Gasteiger partial charge in [-0.3, -0.25) is 9.69 Å². The number of hydrogen-bond acceptors (Lipinski definition) is 4. The second-order valence-corrected chi connectivity index (χ2v) is 9.81. The van der Waals surface area contributed by atoms with E-state index in [0.717, 1.165) is 4.90 Å². The molecular weight excluding hydrogens is 600 g/mol. The molecule has 2 aromatic rings. The normalized spacial score (nSPS) is 18.0. The van der Waals surface area contributed by atoms with Crippen LogP contribution >= 0.6 is 11.6 Å². The van der Waals surface area contributed by atoms with Crippen molar-refractivity contribution in [2.75, 3.05) is 19.6 Å². The van der Waals surface area contributed by atoms with Crippen molar-refractivity contribution < 1.29 is 53.5 Å². The van der Waals surface area contributed by atoms with Crippen LogP contribution in [-0.4, -0.2) is 54.5 Å². The topological polar surface area (TPSA) is 53.9 Å². The Balaban J connectivity index is 1.77. The average Bonchev–Trinajstić information content (AvgIpc) is 3.24. The Kier molecular flexibility index (Phi) is 9.53. The molecule has 226 valence electrons. The van der Waals surface area contributed by atoms with Crippen LogP contribution in [0, 0.1) is 12.7 Å². The molecule has 41 heavy (non-hydrogen) atoms. The summed E-state index contributed by atoms with van der Waals surface area (Å²) in [6.45, 7) is 1.76. The van der Waals surface area contributed by atoms with Gasteiger partial charge in [-0.1, -0.05) is 22.8 Å². The number of hydrogen-bond donors (Lipinski definition) is 1. The molecule has 1 aliphatic heterocycles. The van der Waals surface area contributed by atoms with Gasteiger partial charge in [-0.05, 0) is 55.7 Å². The second kappa shape index (κ2) is 12.0. The number of aryl methyl sites for hydroxylation is 1. The third-order valence-electron chi connectivity index (χ3n) is 6.16. The number of nitrogens with one attached hydrogen (secondary N) is 1. The number of oxime groups is 1. The number of carbonyl (C=O) groups excluding carboxylic acids is 1. The predicted molar refractivity (Wildman–Crippen MR) is 128 cm³/mol. The van der Waals surface area contributed by atoms with E-state index in [2.05, 4.69) is 15.3 Å². The molecule has 1 heterocycles. The lowest BCUT2D eigenvalue weighted by atomic mass is 10.0. The molecule has 1 amide bonds. The number of alkyl halides is 9. The third kappa shape index (κ3) is 8.47. The standard InChI is InChI=1S/C25H22ClF10N3O2/c1-12-7-14(3-4-17(12)22(40)37-16-5-6-39(10-16)11-23(28,29)30)13(2)38-41-21(25(34,35)36)18-8-15(24(31,32)33)9-19(26)20(18)27/h3-4,7-9,16,21H,5-6,10-11H2,1-2H3,(H,37,40)/b38-13+/t16-,21?/m1/s1. The van der Waals surface area contributed by atoms with Gasteiger partial charge in [-0.2, -0.15) is 39.5 Å². The van der Waals surface area contributed by atoms with Crippen LogP contribution in [0.25, 0.3) is 0 Å². The molecule has 0 radical (unpaired) electrons. The van der Waals surface area contributed by atoms with Gasteiger partial charge in [0, 0.05) is 30.3 Å². The van der Waals surface area contributed by atoms with Crippen molar-refractivity contribution in [1.29, 1.82) is 0 Å². The van der Waals surface area contributed by atoms with Crippen molar-refractivity contribution in [3.05, 3.63) is 69.0 Å². The molecule has 0 aromatic heterocycles. The molecule has 2 aromatic carbocycles. The Morgan fingerprint density at radius 1 is 1.12 bits per heavy atom. The number of nitrogens with zero attached hydrogens (tertiary/aromatic N) is 2. The van der Waals surface area contributed by atoms with Gasteiger partial charge in [0.15, 0.2) is 0 Å². The zero-order chi connectivity index (χ0) is 30.9. The summed E-state index contributed by atoms with van der Waals surface area (Å²) in [5.74, 6) is -2.34. The fraction of sp³-hybridized carbons (Fsp3) is 0.440. The van der Waals surface area contributed by atoms with Gasteiger partial charge in [0.1, 0.15) is 5.82 Å². The van der Waals surface area contributed by atoms with E-state index in [9.17, 15) is 48.7 Å². The highest BCUT2D eigenvalue weighted by Crippen LogP contribution is 2.42. The number of benzene rings is 2. The number of carbonyl (C=O) groups is 1. The molecule has 1 aliphatic rings. The molecular formula is C25H22ClF10N3O2. The van der Waals surface area contributed by atoms with Crippen LogP contribution < -0.4 is 5.32 Å². The number of rotatable bonds is 7. The second-order valence-electron chi connectivity index (χ2n) is 9.40. The van der Waals surface area contributed by atoms with Gasteiger partial charge in [-0.25, -0.2) is 4.39 Å². The summed E-state index contributed by atoms with van der Waals surface area (Å²) in [7, 11) is 0. The molecule has 0 saturated carbocycles. The number of likely N-dealkylation sites (tertiary alicyclic amines) is 1. The van der Waals surface area contributed by atoms with Crippen molar-refractivity contribution in [3.63, 3.8) is 0 Å². The molecule has 1 unspecified atom stereocenters. The summed E-state index contributed by atoms with van der Waals surface area (Å²) in [6, 6.07) is 3.55. The molecule has 0 bridgehead atoms.